The molecular formula is C19H18BrN. The van der Waals surface area contributed by atoms with Crippen LogP contribution in [0.4, 0.5) is 5.69 Å². The standard InChI is InChI=1S/C19H18BrN/c1-13-9-14(2)19(18(20)10-13)21-12-15-7-8-16-5-3-4-6-17(16)11-15/h3-11,21H,12H2,1-2H3. The Kier molecular flexibility index (Phi) is 3.98. The van der Waals surface area contributed by atoms with Crippen molar-refractivity contribution >= 4 is 32.4 Å². The Hall–Kier alpha value is -1.80. The molecule has 3 aromatic carbocycles. The third-order valence-corrected chi connectivity index (χ3v) is 4.34. The van der Waals surface area contributed by atoms with Crippen molar-refractivity contribution in [1.29, 1.82) is 0 Å². The molecule has 0 atom stereocenters. The maximum atomic E-state index is 3.65. The number of rotatable bonds is 3. The molecule has 0 aliphatic carbocycles. The lowest BCUT2D eigenvalue weighted by molar-refractivity contribution is 1.14. The van der Waals surface area contributed by atoms with Crippen molar-refractivity contribution in [3.8, 4) is 0 Å². The van der Waals surface area contributed by atoms with Gasteiger partial charge in [-0.1, -0.05) is 42.5 Å². The molecule has 0 unspecified atom stereocenters. The lowest BCUT2D eigenvalue weighted by Crippen LogP contribution is -2.02. The van der Waals surface area contributed by atoms with Crippen LogP contribution in [0.15, 0.2) is 59.1 Å². The summed E-state index contributed by atoms with van der Waals surface area (Å²) in [5.74, 6) is 0. The van der Waals surface area contributed by atoms with E-state index in [4.69, 9.17) is 0 Å². The molecule has 0 aliphatic heterocycles. The van der Waals surface area contributed by atoms with E-state index >= 15 is 0 Å². The molecule has 2 heteroatoms. The van der Waals surface area contributed by atoms with Crippen LogP contribution >= 0.6 is 15.9 Å². The summed E-state index contributed by atoms with van der Waals surface area (Å²) in [5.41, 5.74) is 5.01. The largest absolute Gasteiger partial charge is 0.380 e. The Labute approximate surface area is 134 Å². The molecule has 3 rings (SSSR count). The highest BCUT2D eigenvalue weighted by atomic mass is 79.9. The fourth-order valence-corrected chi connectivity index (χ4v) is 3.49. The van der Waals surface area contributed by atoms with Gasteiger partial charge in [0.15, 0.2) is 0 Å². The second kappa shape index (κ2) is 5.90. The van der Waals surface area contributed by atoms with Crippen LogP contribution in [0.5, 0.6) is 0 Å². The zero-order valence-electron chi connectivity index (χ0n) is 12.3. The van der Waals surface area contributed by atoms with E-state index in [1.807, 2.05) is 0 Å². The van der Waals surface area contributed by atoms with Gasteiger partial charge in [0.25, 0.3) is 0 Å². The van der Waals surface area contributed by atoms with E-state index in [2.05, 4.69) is 89.7 Å². The van der Waals surface area contributed by atoms with Gasteiger partial charge in [0.1, 0.15) is 0 Å². The molecule has 0 aliphatic rings. The summed E-state index contributed by atoms with van der Waals surface area (Å²) >= 11 is 3.65. The van der Waals surface area contributed by atoms with E-state index in [0.717, 1.165) is 11.0 Å². The SMILES string of the molecule is Cc1cc(C)c(NCc2ccc3ccccc3c2)c(Br)c1. The first-order chi connectivity index (χ1) is 10.1. The summed E-state index contributed by atoms with van der Waals surface area (Å²) in [6.45, 7) is 5.08. The van der Waals surface area contributed by atoms with Crippen LogP contribution in [-0.2, 0) is 6.54 Å². The van der Waals surface area contributed by atoms with Gasteiger partial charge < -0.3 is 5.32 Å². The number of halogens is 1. The Morgan fingerprint density at radius 1 is 0.905 bits per heavy atom. The van der Waals surface area contributed by atoms with Crippen molar-refractivity contribution in [3.63, 3.8) is 0 Å². The van der Waals surface area contributed by atoms with E-state index in [9.17, 15) is 0 Å². The van der Waals surface area contributed by atoms with Crippen LogP contribution in [0, 0.1) is 13.8 Å². The van der Waals surface area contributed by atoms with Crippen LogP contribution in [0.3, 0.4) is 0 Å². The van der Waals surface area contributed by atoms with Gasteiger partial charge in [0.05, 0.1) is 5.69 Å². The third-order valence-electron chi connectivity index (χ3n) is 3.71. The molecule has 0 aromatic heterocycles. The molecule has 0 saturated carbocycles. The minimum Gasteiger partial charge on any atom is -0.380 e. The molecule has 0 amide bonds. The predicted molar refractivity (Wildman–Crippen MR) is 94.9 cm³/mol. The third kappa shape index (κ3) is 3.11. The lowest BCUT2D eigenvalue weighted by Gasteiger charge is -2.13. The maximum Gasteiger partial charge on any atom is 0.0517 e. The Morgan fingerprint density at radius 2 is 1.67 bits per heavy atom. The van der Waals surface area contributed by atoms with Gasteiger partial charge in [-0.3, -0.25) is 0 Å². The van der Waals surface area contributed by atoms with Crippen LogP contribution < -0.4 is 5.32 Å². The molecule has 0 bridgehead atoms. The van der Waals surface area contributed by atoms with Crippen LogP contribution in [-0.4, -0.2) is 0 Å². The summed E-state index contributed by atoms with van der Waals surface area (Å²) in [5, 5.41) is 6.12. The van der Waals surface area contributed by atoms with Crippen molar-refractivity contribution in [3.05, 3.63) is 75.8 Å². The molecule has 0 fully saturated rings. The first-order valence-corrected chi connectivity index (χ1v) is 7.91. The van der Waals surface area contributed by atoms with Gasteiger partial charge in [-0.25, -0.2) is 0 Å². The van der Waals surface area contributed by atoms with Crippen molar-refractivity contribution < 1.29 is 0 Å². The quantitative estimate of drug-likeness (QED) is 0.632. The summed E-state index contributed by atoms with van der Waals surface area (Å²) in [7, 11) is 0. The van der Waals surface area contributed by atoms with Crippen molar-refractivity contribution in [2.75, 3.05) is 5.32 Å². The molecule has 1 N–H and O–H groups in total. The summed E-state index contributed by atoms with van der Waals surface area (Å²) < 4.78 is 1.13. The zero-order chi connectivity index (χ0) is 14.8. The first kappa shape index (κ1) is 14.2. The van der Waals surface area contributed by atoms with Gasteiger partial charge in [0.2, 0.25) is 0 Å². The van der Waals surface area contributed by atoms with E-state index in [1.165, 1.54) is 33.2 Å². The maximum absolute atomic E-state index is 3.65. The van der Waals surface area contributed by atoms with Crippen LogP contribution in [0.1, 0.15) is 16.7 Å². The van der Waals surface area contributed by atoms with Gasteiger partial charge in [0, 0.05) is 11.0 Å². The molecule has 21 heavy (non-hydrogen) atoms. The molecule has 0 radical (unpaired) electrons. The first-order valence-electron chi connectivity index (χ1n) is 7.12. The number of fused-ring (bicyclic) bond motifs is 1. The number of aryl methyl sites for hydroxylation is 2. The second-order valence-corrected chi connectivity index (χ2v) is 6.33. The van der Waals surface area contributed by atoms with Gasteiger partial charge >= 0.3 is 0 Å². The lowest BCUT2D eigenvalue weighted by atomic mass is 10.1. The minimum atomic E-state index is 0.827. The molecular weight excluding hydrogens is 322 g/mol. The fraction of sp³-hybridized carbons (Fsp3) is 0.158. The van der Waals surface area contributed by atoms with E-state index in [0.29, 0.717) is 0 Å². The topological polar surface area (TPSA) is 12.0 Å². The van der Waals surface area contributed by atoms with E-state index < -0.39 is 0 Å². The molecule has 1 nitrogen and oxygen atoms in total. The highest BCUT2D eigenvalue weighted by Gasteiger charge is 2.05. The Morgan fingerprint density at radius 3 is 2.43 bits per heavy atom. The number of hydrogen-bond donors (Lipinski definition) is 1. The monoisotopic (exact) mass is 339 g/mol. The van der Waals surface area contributed by atoms with E-state index in [1.54, 1.807) is 0 Å². The van der Waals surface area contributed by atoms with Crippen LogP contribution in [0.2, 0.25) is 0 Å². The zero-order valence-corrected chi connectivity index (χ0v) is 13.9. The molecule has 0 heterocycles. The number of anilines is 1. The predicted octanol–water partition coefficient (Wildman–Crippen LogP) is 5.83. The number of nitrogens with one attached hydrogen (secondary N) is 1. The minimum absolute atomic E-state index is 0.827. The van der Waals surface area contributed by atoms with Crippen molar-refractivity contribution in [2.45, 2.75) is 20.4 Å². The highest BCUT2D eigenvalue weighted by Crippen LogP contribution is 2.28. The van der Waals surface area contributed by atoms with Crippen LogP contribution in [0.25, 0.3) is 10.8 Å². The Bertz CT molecular complexity index is 769. The number of hydrogen-bond acceptors (Lipinski definition) is 1. The molecule has 106 valence electrons. The normalized spacial score (nSPS) is 10.8. The van der Waals surface area contributed by atoms with Crippen molar-refractivity contribution in [1.82, 2.24) is 0 Å². The van der Waals surface area contributed by atoms with Crippen molar-refractivity contribution in [2.24, 2.45) is 0 Å². The second-order valence-electron chi connectivity index (χ2n) is 5.47. The molecule has 3 aromatic rings. The van der Waals surface area contributed by atoms with Gasteiger partial charge in [-0.05, 0) is 69.4 Å². The Balaban J connectivity index is 1.83. The average Bonchev–Trinajstić information content (AvgIpc) is 2.46. The number of benzene rings is 3. The van der Waals surface area contributed by atoms with Gasteiger partial charge in [-0.2, -0.15) is 0 Å². The summed E-state index contributed by atoms with van der Waals surface area (Å²) in [6.07, 6.45) is 0. The fourth-order valence-electron chi connectivity index (χ4n) is 2.68. The summed E-state index contributed by atoms with van der Waals surface area (Å²) in [4.78, 5) is 0. The smallest absolute Gasteiger partial charge is 0.0517 e. The molecule has 0 spiro atoms. The highest BCUT2D eigenvalue weighted by molar-refractivity contribution is 9.10. The van der Waals surface area contributed by atoms with E-state index in [-0.39, 0.29) is 0 Å². The average molecular weight is 340 g/mol. The summed E-state index contributed by atoms with van der Waals surface area (Å²) in [6, 6.07) is 19.4. The van der Waals surface area contributed by atoms with Gasteiger partial charge in [-0.15, -0.1) is 0 Å². The molecule has 0 saturated heterocycles.